The maximum absolute atomic E-state index is 12.4. The lowest BCUT2D eigenvalue weighted by molar-refractivity contribution is -0.267. The Labute approximate surface area is 158 Å². The maximum Gasteiger partial charge on any atom is 0.306 e. The molecule has 0 aromatic rings. The van der Waals surface area contributed by atoms with Crippen LogP contribution < -0.4 is 0 Å². The molecule has 4 saturated carbocycles. The highest BCUT2D eigenvalue weighted by Gasteiger charge is 2.68. The molecule has 4 nitrogen and oxygen atoms in total. The van der Waals surface area contributed by atoms with E-state index in [2.05, 4.69) is 27.7 Å². The number of ether oxygens (including phenoxy) is 2. The van der Waals surface area contributed by atoms with Gasteiger partial charge in [-0.3, -0.25) is 9.59 Å². The molecule has 0 spiro atoms. The van der Waals surface area contributed by atoms with Crippen LogP contribution in [0.15, 0.2) is 0 Å². The van der Waals surface area contributed by atoms with Gasteiger partial charge in [-0.05, 0) is 55.8 Å². The molecule has 4 rings (SSSR count). The molecular formula is C22H36O4. The monoisotopic (exact) mass is 364 g/mol. The van der Waals surface area contributed by atoms with Gasteiger partial charge >= 0.3 is 11.9 Å². The van der Waals surface area contributed by atoms with E-state index < -0.39 is 11.2 Å². The Morgan fingerprint density at radius 3 is 1.42 bits per heavy atom. The zero-order valence-electron chi connectivity index (χ0n) is 17.1. The van der Waals surface area contributed by atoms with E-state index in [0.717, 1.165) is 57.8 Å². The number of carbonyl (C=O) groups is 2. The molecule has 0 saturated heterocycles. The number of rotatable bonds is 8. The third-order valence-electron chi connectivity index (χ3n) is 6.62. The molecule has 0 amide bonds. The van der Waals surface area contributed by atoms with Gasteiger partial charge in [0, 0.05) is 19.3 Å². The molecule has 0 unspecified atom stereocenters. The summed E-state index contributed by atoms with van der Waals surface area (Å²) in [5.41, 5.74) is -0.679. The molecule has 0 aliphatic heterocycles. The minimum atomic E-state index is -0.436. The molecule has 0 aromatic heterocycles. The number of hydrogen-bond acceptors (Lipinski definition) is 4. The molecule has 148 valence electrons. The molecule has 0 N–H and O–H groups in total. The topological polar surface area (TPSA) is 52.6 Å². The van der Waals surface area contributed by atoms with Gasteiger partial charge in [-0.1, -0.05) is 40.5 Å². The first kappa shape index (κ1) is 19.7. The summed E-state index contributed by atoms with van der Waals surface area (Å²) in [6.07, 6.45) is 10.2. The smallest absolute Gasteiger partial charge is 0.306 e. The molecule has 4 heteroatoms. The summed E-state index contributed by atoms with van der Waals surface area (Å²) in [5.74, 6) is -0.151. The third kappa shape index (κ3) is 3.94. The van der Waals surface area contributed by atoms with Crippen LogP contribution in [0.2, 0.25) is 0 Å². The van der Waals surface area contributed by atoms with Crippen molar-refractivity contribution in [1.29, 1.82) is 0 Å². The predicted octanol–water partition coefficient (Wildman–Crippen LogP) is 5.32. The number of hydrogen-bond donors (Lipinski definition) is 0. The van der Waals surface area contributed by atoms with Gasteiger partial charge in [0.2, 0.25) is 0 Å². The Bertz CT molecular complexity index is 504. The molecular weight excluding hydrogens is 328 g/mol. The summed E-state index contributed by atoms with van der Waals surface area (Å²) in [5, 5.41) is 0. The second-order valence-electron chi connectivity index (χ2n) is 10.2. The molecule has 0 aromatic carbocycles. The summed E-state index contributed by atoms with van der Waals surface area (Å²) in [4.78, 5) is 24.9. The van der Waals surface area contributed by atoms with Crippen molar-refractivity contribution in [3.63, 3.8) is 0 Å². The van der Waals surface area contributed by atoms with E-state index in [4.69, 9.17) is 9.47 Å². The minimum Gasteiger partial charge on any atom is -0.459 e. The van der Waals surface area contributed by atoms with Gasteiger partial charge in [-0.2, -0.15) is 0 Å². The van der Waals surface area contributed by atoms with Crippen molar-refractivity contribution in [2.75, 3.05) is 0 Å². The average Bonchev–Trinajstić information content (AvgIpc) is 2.46. The zero-order chi connectivity index (χ0) is 19.1. The number of esters is 2. The molecule has 26 heavy (non-hydrogen) atoms. The Morgan fingerprint density at radius 1 is 0.692 bits per heavy atom. The molecule has 0 radical (unpaired) electrons. The van der Waals surface area contributed by atoms with Crippen molar-refractivity contribution in [1.82, 2.24) is 0 Å². The standard InChI is InChI=1S/C22H36O4/c1-5-7-9-17(23)25-21-12-19(3)11-20(4,13-21)15-22(14-19,16-21)26-18(24)10-8-6-2/h5-16H2,1-4H3. The van der Waals surface area contributed by atoms with Crippen LogP contribution in [-0.4, -0.2) is 23.1 Å². The lowest BCUT2D eigenvalue weighted by Gasteiger charge is -2.67. The molecule has 4 aliphatic carbocycles. The van der Waals surface area contributed by atoms with Gasteiger partial charge in [0.15, 0.2) is 0 Å². The Hall–Kier alpha value is -1.06. The van der Waals surface area contributed by atoms with E-state index in [0.29, 0.717) is 19.3 Å². The number of unbranched alkanes of at least 4 members (excludes halogenated alkanes) is 2. The molecule has 4 aliphatic rings. The highest BCUT2D eigenvalue weighted by molar-refractivity contribution is 5.71. The Morgan fingerprint density at radius 2 is 1.08 bits per heavy atom. The normalized spacial score (nSPS) is 40.5. The fourth-order valence-electron chi connectivity index (χ4n) is 6.92. The van der Waals surface area contributed by atoms with E-state index in [9.17, 15) is 9.59 Å². The lowest BCUT2D eigenvalue weighted by Crippen LogP contribution is -2.67. The quantitative estimate of drug-likeness (QED) is 0.547. The van der Waals surface area contributed by atoms with Crippen LogP contribution in [-0.2, 0) is 19.1 Å². The second-order valence-corrected chi connectivity index (χ2v) is 10.2. The first-order valence-corrected chi connectivity index (χ1v) is 10.6. The largest absolute Gasteiger partial charge is 0.459 e. The summed E-state index contributed by atoms with van der Waals surface area (Å²) >= 11 is 0. The van der Waals surface area contributed by atoms with Crippen LogP contribution in [0.5, 0.6) is 0 Å². The SMILES string of the molecule is CCCCC(=O)OC12CC3(C)CC(C)(C1)CC(OC(=O)CCCC)(C3)C2. The average molecular weight is 365 g/mol. The molecule has 4 bridgehead atoms. The third-order valence-corrected chi connectivity index (χ3v) is 6.62. The van der Waals surface area contributed by atoms with Crippen molar-refractivity contribution in [2.24, 2.45) is 10.8 Å². The van der Waals surface area contributed by atoms with Gasteiger partial charge < -0.3 is 9.47 Å². The molecule has 0 atom stereocenters. The van der Waals surface area contributed by atoms with Gasteiger partial charge in [-0.25, -0.2) is 0 Å². The van der Waals surface area contributed by atoms with Crippen LogP contribution in [0, 0.1) is 10.8 Å². The van der Waals surface area contributed by atoms with E-state index in [1.165, 1.54) is 0 Å². The first-order valence-electron chi connectivity index (χ1n) is 10.6. The molecule has 0 heterocycles. The highest BCUT2D eigenvalue weighted by Crippen LogP contribution is 2.69. The van der Waals surface area contributed by atoms with Crippen molar-refractivity contribution >= 4 is 11.9 Å². The van der Waals surface area contributed by atoms with Gasteiger partial charge in [0.25, 0.3) is 0 Å². The van der Waals surface area contributed by atoms with Gasteiger partial charge in [0.1, 0.15) is 11.2 Å². The maximum atomic E-state index is 12.4. The van der Waals surface area contributed by atoms with E-state index in [-0.39, 0.29) is 22.8 Å². The summed E-state index contributed by atoms with van der Waals surface area (Å²) in [6, 6.07) is 0. The number of carbonyl (C=O) groups excluding carboxylic acids is 2. The summed E-state index contributed by atoms with van der Waals surface area (Å²) in [7, 11) is 0. The summed E-state index contributed by atoms with van der Waals surface area (Å²) < 4.78 is 12.3. The van der Waals surface area contributed by atoms with Crippen LogP contribution in [0.4, 0.5) is 0 Å². The van der Waals surface area contributed by atoms with E-state index >= 15 is 0 Å². The minimum absolute atomic E-state index is 0.0755. The fourth-order valence-corrected chi connectivity index (χ4v) is 6.92. The second kappa shape index (κ2) is 6.83. The van der Waals surface area contributed by atoms with Crippen molar-refractivity contribution in [3.05, 3.63) is 0 Å². The molecule has 4 fully saturated rings. The van der Waals surface area contributed by atoms with Crippen LogP contribution in [0.1, 0.15) is 105 Å². The van der Waals surface area contributed by atoms with Crippen LogP contribution in [0.25, 0.3) is 0 Å². The van der Waals surface area contributed by atoms with Crippen molar-refractivity contribution in [3.8, 4) is 0 Å². The fraction of sp³-hybridized carbons (Fsp3) is 0.909. The van der Waals surface area contributed by atoms with Crippen molar-refractivity contribution < 1.29 is 19.1 Å². The van der Waals surface area contributed by atoms with Crippen molar-refractivity contribution in [2.45, 2.75) is 116 Å². The first-order chi connectivity index (χ1) is 12.2. The van der Waals surface area contributed by atoms with Crippen LogP contribution >= 0.6 is 0 Å². The Kier molecular flexibility index (Phi) is 5.18. The lowest BCUT2D eigenvalue weighted by atomic mass is 9.42. The van der Waals surface area contributed by atoms with E-state index in [1.54, 1.807) is 0 Å². The van der Waals surface area contributed by atoms with E-state index in [1.807, 2.05) is 0 Å². The van der Waals surface area contributed by atoms with Gasteiger partial charge in [0.05, 0.1) is 0 Å². The highest BCUT2D eigenvalue weighted by atomic mass is 16.6. The van der Waals surface area contributed by atoms with Crippen LogP contribution in [0.3, 0.4) is 0 Å². The van der Waals surface area contributed by atoms with Gasteiger partial charge in [-0.15, -0.1) is 0 Å². The zero-order valence-corrected chi connectivity index (χ0v) is 17.1. The summed E-state index contributed by atoms with van der Waals surface area (Å²) in [6.45, 7) is 8.77. The predicted molar refractivity (Wildman–Crippen MR) is 101 cm³/mol. The Balaban J connectivity index is 1.80.